The lowest BCUT2D eigenvalue weighted by molar-refractivity contribution is -0.153. The van der Waals surface area contributed by atoms with E-state index in [0.29, 0.717) is 17.6 Å². The van der Waals surface area contributed by atoms with Crippen LogP contribution in [-0.4, -0.2) is 41.3 Å². The molecule has 2 rings (SSSR count). The number of thiazole rings is 1. The molecule has 0 N–H and O–H groups in total. The molecule has 0 fully saturated rings. The lowest BCUT2D eigenvalue weighted by Gasteiger charge is -2.21. The van der Waals surface area contributed by atoms with Crippen LogP contribution < -0.4 is 0 Å². The average Bonchev–Trinajstić information content (AvgIpc) is 3.16. The molecule has 0 amide bonds. The summed E-state index contributed by atoms with van der Waals surface area (Å²) in [5, 5.41) is -0.789. The number of ether oxygens (including phenoxy) is 2. The third-order valence-electron chi connectivity index (χ3n) is 4.55. The highest BCUT2D eigenvalue weighted by molar-refractivity contribution is 8.02. The first-order valence-electron chi connectivity index (χ1n) is 10.5. The second-order valence-corrected chi connectivity index (χ2v) is 9.72. The van der Waals surface area contributed by atoms with Crippen molar-refractivity contribution in [3.05, 3.63) is 24.3 Å². The lowest BCUT2D eigenvalue weighted by atomic mass is 10.1. The molecule has 2 atom stereocenters. The molecular formula is C22H30ClNO4S2. The topological polar surface area (TPSA) is 65.5 Å². The second-order valence-electron chi connectivity index (χ2n) is 7.00. The fraction of sp³-hybridized carbons (Fsp3) is 0.591. The molecule has 0 aliphatic rings. The molecule has 1 aromatic carbocycles. The maximum absolute atomic E-state index is 12.9. The third kappa shape index (κ3) is 7.75. The van der Waals surface area contributed by atoms with Crippen LogP contribution >= 0.6 is 34.7 Å². The molecule has 2 aromatic rings. The quantitative estimate of drug-likeness (QED) is 0.144. The Morgan fingerprint density at radius 1 is 1.03 bits per heavy atom. The Balaban J connectivity index is 2.13. The highest BCUT2D eigenvalue weighted by Gasteiger charge is 2.37. The van der Waals surface area contributed by atoms with Crippen molar-refractivity contribution in [2.24, 2.45) is 5.92 Å². The molecule has 0 aliphatic carbocycles. The lowest BCUT2D eigenvalue weighted by Crippen LogP contribution is -2.36. The molecule has 0 spiro atoms. The van der Waals surface area contributed by atoms with Crippen molar-refractivity contribution >= 4 is 56.9 Å². The SMILES string of the molecule is CCCCCOC(=O)C(CCl)C(Sc1nc2ccccc2s1)C(=O)OCCCCC. The van der Waals surface area contributed by atoms with Gasteiger partial charge in [0.05, 0.1) is 29.3 Å². The Labute approximate surface area is 191 Å². The fourth-order valence-corrected chi connectivity index (χ4v) is 5.59. The van der Waals surface area contributed by atoms with E-state index in [1.807, 2.05) is 24.3 Å². The number of para-hydroxylation sites is 1. The normalized spacial score (nSPS) is 13.2. The zero-order valence-electron chi connectivity index (χ0n) is 17.6. The maximum atomic E-state index is 12.9. The summed E-state index contributed by atoms with van der Waals surface area (Å²) in [4.78, 5) is 30.1. The highest BCUT2D eigenvalue weighted by Crippen LogP contribution is 2.36. The summed E-state index contributed by atoms with van der Waals surface area (Å²) < 4.78 is 12.6. The van der Waals surface area contributed by atoms with Crippen molar-refractivity contribution in [3.63, 3.8) is 0 Å². The van der Waals surface area contributed by atoms with E-state index in [4.69, 9.17) is 21.1 Å². The van der Waals surface area contributed by atoms with E-state index in [2.05, 4.69) is 18.8 Å². The van der Waals surface area contributed by atoms with Gasteiger partial charge in [-0.15, -0.1) is 22.9 Å². The van der Waals surface area contributed by atoms with E-state index < -0.39 is 23.1 Å². The van der Waals surface area contributed by atoms with Crippen molar-refractivity contribution in [2.75, 3.05) is 19.1 Å². The van der Waals surface area contributed by atoms with Gasteiger partial charge in [-0.3, -0.25) is 9.59 Å². The molecule has 0 radical (unpaired) electrons. The molecule has 0 saturated heterocycles. The zero-order valence-corrected chi connectivity index (χ0v) is 20.0. The molecular weight excluding hydrogens is 442 g/mol. The van der Waals surface area contributed by atoms with Crippen LogP contribution in [0.25, 0.3) is 10.2 Å². The van der Waals surface area contributed by atoms with Gasteiger partial charge >= 0.3 is 11.9 Å². The Kier molecular flexibility index (Phi) is 11.6. The van der Waals surface area contributed by atoms with Gasteiger partial charge in [-0.1, -0.05) is 63.4 Å². The summed E-state index contributed by atoms with van der Waals surface area (Å²) in [5.41, 5.74) is 0.865. The number of thioether (sulfide) groups is 1. The van der Waals surface area contributed by atoms with Crippen molar-refractivity contribution in [1.29, 1.82) is 0 Å². The Morgan fingerprint density at radius 3 is 2.27 bits per heavy atom. The van der Waals surface area contributed by atoms with Crippen molar-refractivity contribution in [2.45, 2.75) is 62.0 Å². The van der Waals surface area contributed by atoms with E-state index in [1.165, 1.54) is 23.1 Å². The molecule has 0 bridgehead atoms. The van der Waals surface area contributed by atoms with E-state index in [9.17, 15) is 9.59 Å². The number of alkyl halides is 1. The standard InChI is InChI=1S/C22H30ClNO4S2/c1-3-5-9-13-27-20(25)16(15-23)19(21(26)28-14-10-6-4-2)30-22-24-17-11-7-8-12-18(17)29-22/h7-8,11-12,16,19H,3-6,9-10,13-15H2,1-2H3. The molecule has 30 heavy (non-hydrogen) atoms. The first-order valence-corrected chi connectivity index (χ1v) is 12.7. The average molecular weight is 472 g/mol. The van der Waals surface area contributed by atoms with Gasteiger partial charge in [0.15, 0.2) is 4.34 Å². The molecule has 0 aliphatic heterocycles. The smallest absolute Gasteiger partial charge is 0.320 e. The number of aromatic nitrogens is 1. The van der Waals surface area contributed by atoms with Gasteiger partial charge in [-0.05, 0) is 25.0 Å². The number of carbonyl (C=O) groups excluding carboxylic acids is 2. The number of halogens is 1. The van der Waals surface area contributed by atoms with E-state index in [1.54, 1.807) is 0 Å². The van der Waals surface area contributed by atoms with Crippen molar-refractivity contribution in [1.82, 2.24) is 4.98 Å². The summed E-state index contributed by atoms with van der Waals surface area (Å²) in [7, 11) is 0. The number of hydrogen-bond acceptors (Lipinski definition) is 7. The van der Waals surface area contributed by atoms with Crippen LogP contribution in [0, 0.1) is 5.92 Å². The monoisotopic (exact) mass is 471 g/mol. The minimum atomic E-state index is -0.789. The number of nitrogens with zero attached hydrogens (tertiary/aromatic N) is 1. The van der Waals surface area contributed by atoms with Crippen LogP contribution in [0.2, 0.25) is 0 Å². The van der Waals surface area contributed by atoms with E-state index in [0.717, 1.165) is 48.7 Å². The number of hydrogen-bond donors (Lipinski definition) is 0. The van der Waals surface area contributed by atoms with Gasteiger partial charge in [0.25, 0.3) is 0 Å². The van der Waals surface area contributed by atoms with Gasteiger partial charge in [-0.25, -0.2) is 4.98 Å². The Hall–Kier alpha value is -1.31. The van der Waals surface area contributed by atoms with Crippen LogP contribution in [0.4, 0.5) is 0 Å². The molecule has 5 nitrogen and oxygen atoms in total. The number of rotatable bonds is 14. The minimum absolute atomic E-state index is 0.0146. The van der Waals surface area contributed by atoms with Crippen LogP contribution in [0.1, 0.15) is 52.4 Å². The predicted molar refractivity (Wildman–Crippen MR) is 124 cm³/mol. The molecule has 2 unspecified atom stereocenters. The van der Waals surface area contributed by atoms with Crippen LogP contribution in [-0.2, 0) is 19.1 Å². The van der Waals surface area contributed by atoms with Crippen molar-refractivity contribution < 1.29 is 19.1 Å². The summed E-state index contributed by atoms with van der Waals surface area (Å²) in [6.45, 7) is 4.85. The van der Waals surface area contributed by atoms with E-state index in [-0.39, 0.29) is 5.88 Å². The van der Waals surface area contributed by atoms with Gasteiger partial charge in [0, 0.05) is 5.88 Å². The largest absolute Gasteiger partial charge is 0.465 e. The van der Waals surface area contributed by atoms with Crippen LogP contribution in [0.15, 0.2) is 28.6 Å². The van der Waals surface area contributed by atoms with Crippen LogP contribution in [0.5, 0.6) is 0 Å². The Morgan fingerprint density at radius 2 is 1.67 bits per heavy atom. The molecule has 1 aromatic heterocycles. The molecule has 166 valence electrons. The minimum Gasteiger partial charge on any atom is -0.465 e. The highest BCUT2D eigenvalue weighted by atomic mass is 35.5. The van der Waals surface area contributed by atoms with Gasteiger partial charge in [-0.2, -0.15) is 0 Å². The fourth-order valence-electron chi connectivity index (χ4n) is 2.81. The van der Waals surface area contributed by atoms with Gasteiger partial charge in [0.2, 0.25) is 0 Å². The number of unbranched alkanes of at least 4 members (excludes halogenated alkanes) is 4. The number of esters is 2. The maximum Gasteiger partial charge on any atom is 0.320 e. The summed E-state index contributed by atoms with van der Waals surface area (Å²) in [6, 6.07) is 7.78. The predicted octanol–water partition coefficient (Wildman–Crippen LogP) is 6.08. The summed E-state index contributed by atoms with van der Waals surface area (Å²) >= 11 is 8.86. The van der Waals surface area contributed by atoms with Crippen LogP contribution in [0.3, 0.4) is 0 Å². The summed E-state index contributed by atoms with van der Waals surface area (Å²) in [6.07, 6.45) is 5.65. The van der Waals surface area contributed by atoms with Crippen molar-refractivity contribution in [3.8, 4) is 0 Å². The molecule has 1 heterocycles. The number of benzene rings is 1. The third-order valence-corrected chi connectivity index (χ3v) is 7.32. The first kappa shape index (κ1) is 25.0. The zero-order chi connectivity index (χ0) is 21.8. The number of fused-ring (bicyclic) bond motifs is 1. The van der Waals surface area contributed by atoms with Gasteiger partial charge < -0.3 is 9.47 Å². The summed E-state index contributed by atoms with van der Waals surface area (Å²) in [5.74, 6) is -1.69. The molecule has 0 saturated carbocycles. The Bertz CT molecular complexity index is 765. The second kappa shape index (κ2) is 13.9. The van der Waals surface area contributed by atoms with E-state index >= 15 is 0 Å². The van der Waals surface area contributed by atoms with Gasteiger partial charge in [0.1, 0.15) is 5.25 Å². The first-order chi connectivity index (χ1) is 14.6. The number of carbonyl (C=O) groups is 2. The molecule has 8 heteroatoms.